The van der Waals surface area contributed by atoms with Gasteiger partial charge in [0.1, 0.15) is 5.69 Å². The molecule has 1 aliphatic heterocycles. The maximum absolute atomic E-state index is 12.6. The number of carboxylic acid groups (broad SMARTS) is 1. The van der Waals surface area contributed by atoms with Gasteiger partial charge in [-0.15, -0.1) is 0 Å². The van der Waals surface area contributed by atoms with Crippen LogP contribution < -0.4 is 5.73 Å². The first-order valence-corrected chi connectivity index (χ1v) is 9.49. The van der Waals surface area contributed by atoms with Gasteiger partial charge in [-0.3, -0.25) is 14.4 Å². The fourth-order valence-corrected chi connectivity index (χ4v) is 3.66. The summed E-state index contributed by atoms with van der Waals surface area (Å²) in [5.41, 5.74) is 7.13. The molecular weight excluding hydrogens is 410 g/mol. The van der Waals surface area contributed by atoms with Gasteiger partial charge < -0.3 is 20.3 Å². The van der Waals surface area contributed by atoms with Gasteiger partial charge in [-0.25, -0.2) is 0 Å². The van der Waals surface area contributed by atoms with Crippen molar-refractivity contribution >= 4 is 40.9 Å². The van der Waals surface area contributed by atoms with Crippen LogP contribution >= 0.6 is 11.6 Å². The van der Waals surface area contributed by atoms with Gasteiger partial charge in [0.15, 0.2) is 5.58 Å². The van der Waals surface area contributed by atoms with Crippen LogP contribution in [0, 0.1) is 5.41 Å². The second kappa shape index (κ2) is 8.96. The molecule has 3 N–H and O–H groups in total. The van der Waals surface area contributed by atoms with E-state index in [1.165, 1.54) is 0 Å². The van der Waals surface area contributed by atoms with E-state index in [9.17, 15) is 9.59 Å². The maximum Gasteiger partial charge on any atom is 0.290 e. The number of benzene rings is 2. The van der Waals surface area contributed by atoms with E-state index >= 15 is 0 Å². The van der Waals surface area contributed by atoms with Crippen LogP contribution in [-0.4, -0.2) is 46.5 Å². The Morgan fingerprint density at radius 2 is 1.83 bits per heavy atom. The van der Waals surface area contributed by atoms with E-state index in [1.54, 1.807) is 17.0 Å². The zero-order chi connectivity index (χ0) is 21.7. The van der Waals surface area contributed by atoms with E-state index in [0.29, 0.717) is 35.8 Å². The minimum absolute atomic E-state index is 0.0953. The highest BCUT2D eigenvalue weighted by Crippen LogP contribution is 2.35. The second-order valence-corrected chi connectivity index (χ2v) is 7.54. The minimum Gasteiger partial charge on any atom is -0.483 e. The number of nitrogens with zero attached hydrogens (tertiary/aromatic N) is 2. The van der Waals surface area contributed by atoms with E-state index in [1.807, 2.05) is 36.4 Å². The largest absolute Gasteiger partial charge is 0.483 e. The highest BCUT2D eigenvalue weighted by molar-refractivity contribution is 6.30. The van der Waals surface area contributed by atoms with Gasteiger partial charge in [0.2, 0.25) is 11.8 Å². The number of carbonyl (C=O) groups excluding carboxylic acids is 2. The Morgan fingerprint density at radius 3 is 2.47 bits per heavy atom. The van der Waals surface area contributed by atoms with Crippen molar-refractivity contribution < 1.29 is 24.0 Å². The van der Waals surface area contributed by atoms with Gasteiger partial charge in [0.25, 0.3) is 6.47 Å². The Hall–Kier alpha value is -3.39. The molecule has 1 aromatic heterocycles. The zero-order valence-corrected chi connectivity index (χ0v) is 16.7. The van der Waals surface area contributed by atoms with Crippen molar-refractivity contribution in [3.8, 4) is 0 Å². The van der Waals surface area contributed by atoms with Gasteiger partial charge in [-0.05, 0) is 36.2 Å². The molecule has 2 heterocycles. The average Bonchev–Trinajstić information content (AvgIpc) is 3.09. The predicted molar refractivity (Wildman–Crippen MR) is 110 cm³/mol. The molecule has 2 aromatic carbocycles. The van der Waals surface area contributed by atoms with Crippen LogP contribution in [0.2, 0.25) is 5.02 Å². The summed E-state index contributed by atoms with van der Waals surface area (Å²) in [7, 11) is 0. The van der Waals surface area contributed by atoms with Crippen molar-refractivity contribution in [3.05, 3.63) is 64.8 Å². The van der Waals surface area contributed by atoms with E-state index in [4.69, 9.17) is 31.8 Å². The zero-order valence-electron chi connectivity index (χ0n) is 16.0. The molecule has 30 heavy (non-hydrogen) atoms. The Labute approximate surface area is 177 Å². The smallest absolute Gasteiger partial charge is 0.290 e. The molecule has 2 amide bonds. The molecule has 0 saturated carbocycles. The molecule has 1 fully saturated rings. The molecule has 0 aliphatic carbocycles. The molecule has 156 valence electrons. The topological polar surface area (TPSA) is 127 Å². The van der Waals surface area contributed by atoms with Crippen LogP contribution in [-0.2, 0) is 27.2 Å². The van der Waals surface area contributed by atoms with Crippen molar-refractivity contribution in [2.24, 2.45) is 11.1 Å². The van der Waals surface area contributed by atoms with E-state index in [-0.39, 0.29) is 18.8 Å². The number of halogens is 1. The second-order valence-electron chi connectivity index (χ2n) is 7.11. The number of hydrogen-bond acceptors (Lipinski definition) is 5. The third-order valence-electron chi connectivity index (χ3n) is 5.09. The minimum atomic E-state index is -0.741. The Kier molecular flexibility index (Phi) is 6.37. The fourth-order valence-electron chi connectivity index (χ4n) is 3.53. The molecule has 0 radical (unpaired) electrons. The highest BCUT2D eigenvalue weighted by atomic mass is 35.5. The Bertz CT molecular complexity index is 1060. The third kappa shape index (κ3) is 4.44. The van der Waals surface area contributed by atoms with E-state index < -0.39 is 11.3 Å². The number of likely N-dealkylation sites (tertiary alicyclic amines) is 1. The summed E-state index contributed by atoms with van der Waals surface area (Å²) in [4.78, 5) is 34.7. The molecule has 8 nitrogen and oxygen atoms in total. The maximum atomic E-state index is 12.6. The lowest BCUT2D eigenvalue weighted by molar-refractivity contribution is -0.151. The van der Waals surface area contributed by atoms with Gasteiger partial charge in [0.05, 0.1) is 11.8 Å². The third-order valence-corrected chi connectivity index (χ3v) is 5.34. The van der Waals surface area contributed by atoms with Gasteiger partial charge in [-0.2, -0.15) is 0 Å². The lowest BCUT2D eigenvalue weighted by atomic mass is 9.74. The van der Waals surface area contributed by atoms with Crippen LogP contribution in [0.1, 0.15) is 11.3 Å². The normalized spacial score (nSPS) is 14.4. The molecule has 0 unspecified atom stereocenters. The number of fused-ring (bicyclic) bond motifs is 1. The first kappa shape index (κ1) is 21.3. The van der Waals surface area contributed by atoms with Crippen LogP contribution in [0.4, 0.5) is 0 Å². The Balaban J connectivity index is 0.000000806. The molecule has 4 rings (SSSR count). The van der Waals surface area contributed by atoms with Crippen molar-refractivity contribution in [3.63, 3.8) is 0 Å². The molecular formula is C21H20ClN3O5. The number of para-hydroxylation sites is 1. The molecule has 0 spiro atoms. The number of carbonyl (C=O) groups is 3. The SMILES string of the molecule is NC(=O)C1(Cc2ccc(Cl)cc2)CN(C(=O)Cc2noc3ccccc23)C1.O=CO. The monoisotopic (exact) mass is 429 g/mol. The predicted octanol–water partition coefficient (Wildman–Crippen LogP) is 2.28. The number of amides is 2. The quantitative estimate of drug-likeness (QED) is 0.599. The molecule has 1 saturated heterocycles. The number of primary amides is 1. The molecule has 9 heteroatoms. The molecule has 0 atom stereocenters. The summed E-state index contributed by atoms with van der Waals surface area (Å²) in [6.07, 6.45) is 0.614. The van der Waals surface area contributed by atoms with E-state index in [2.05, 4.69) is 5.16 Å². The van der Waals surface area contributed by atoms with Gasteiger partial charge in [-0.1, -0.05) is 41.0 Å². The van der Waals surface area contributed by atoms with Gasteiger partial charge in [0, 0.05) is 23.5 Å². The van der Waals surface area contributed by atoms with Crippen LogP contribution in [0.5, 0.6) is 0 Å². The number of hydrogen-bond donors (Lipinski definition) is 2. The van der Waals surface area contributed by atoms with Crippen LogP contribution in [0.15, 0.2) is 53.1 Å². The molecule has 1 aliphatic rings. The molecule has 3 aromatic rings. The van der Waals surface area contributed by atoms with Crippen LogP contribution in [0.25, 0.3) is 11.0 Å². The number of rotatable bonds is 5. The lowest BCUT2D eigenvalue weighted by Gasteiger charge is -2.48. The summed E-state index contributed by atoms with van der Waals surface area (Å²) >= 11 is 5.91. The highest BCUT2D eigenvalue weighted by Gasteiger charge is 2.49. The lowest BCUT2D eigenvalue weighted by Crippen LogP contribution is -2.65. The van der Waals surface area contributed by atoms with E-state index in [0.717, 1.165) is 10.9 Å². The van der Waals surface area contributed by atoms with Crippen molar-refractivity contribution in [1.82, 2.24) is 10.1 Å². The Morgan fingerprint density at radius 1 is 1.20 bits per heavy atom. The van der Waals surface area contributed by atoms with Crippen molar-refractivity contribution in [2.75, 3.05) is 13.1 Å². The fraction of sp³-hybridized carbons (Fsp3) is 0.238. The standard InChI is InChI=1S/C20H18ClN3O3.CH2O2/c21-14-7-5-13(6-8-14)10-20(19(22)26)11-24(12-20)18(25)9-16-15-3-1-2-4-17(15)27-23-16;2-1-3/h1-8H,9-12H2,(H2,22,26);1H,(H,2,3). The first-order valence-electron chi connectivity index (χ1n) is 9.12. The molecule has 0 bridgehead atoms. The first-order chi connectivity index (χ1) is 14.4. The van der Waals surface area contributed by atoms with Crippen molar-refractivity contribution in [1.29, 1.82) is 0 Å². The summed E-state index contributed by atoms with van der Waals surface area (Å²) in [5, 5.41) is 12.3. The summed E-state index contributed by atoms with van der Waals surface area (Å²) in [6.45, 7) is 0.360. The van der Waals surface area contributed by atoms with Gasteiger partial charge >= 0.3 is 0 Å². The van der Waals surface area contributed by atoms with Crippen LogP contribution in [0.3, 0.4) is 0 Å². The summed E-state index contributed by atoms with van der Waals surface area (Å²) in [5.74, 6) is -0.490. The van der Waals surface area contributed by atoms with Crippen molar-refractivity contribution in [2.45, 2.75) is 12.8 Å². The number of aromatic nitrogens is 1. The number of nitrogens with two attached hydrogens (primary N) is 1. The average molecular weight is 430 g/mol. The summed E-state index contributed by atoms with van der Waals surface area (Å²) < 4.78 is 5.24. The summed E-state index contributed by atoms with van der Waals surface area (Å²) in [6, 6.07) is 14.7.